The van der Waals surface area contributed by atoms with Gasteiger partial charge in [0.05, 0.1) is 0 Å². The average molecular weight is 410 g/mol. The molecule has 8 heteroatoms. The lowest BCUT2D eigenvalue weighted by molar-refractivity contribution is -0.131. The third kappa shape index (κ3) is 5.48. The van der Waals surface area contributed by atoms with Crippen LogP contribution in [-0.4, -0.2) is 17.8 Å². The smallest absolute Gasteiger partial charge is 0.308 e. The van der Waals surface area contributed by atoms with E-state index in [9.17, 15) is 23.2 Å². The van der Waals surface area contributed by atoms with Crippen LogP contribution < -0.4 is 15.4 Å². The summed E-state index contributed by atoms with van der Waals surface area (Å²) in [7, 11) is 0. The van der Waals surface area contributed by atoms with Crippen LogP contribution in [0.3, 0.4) is 0 Å². The van der Waals surface area contributed by atoms with Crippen molar-refractivity contribution in [2.24, 2.45) is 0 Å². The van der Waals surface area contributed by atoms with E-state index in [4.69, 9.17) is 4.74 Å². The van der Waals surface area contributed by atoms with E-state index in [2.05, 4.69) is 10.6 Å². The van der Waals surface area contributed by atoms with Gasteiger partial charge in [-0.05, 0) is 66.7 Å². The lowest BCUT2D eigenvalue weighted by Gasteiger charge is -2.11. The highest BCUT2D eigenvalue weighted by atomic mass is 19.1. The number of hydrogen-bond acceptors (Lipinski definition) is 4. The molecule has 0 heterocycles. The van der Waals surface area contributed by atoms with E-state index in [1.165, 1.54) is 73.7 Å². The fourth-order valence-electron chi connectivity index (χ4n) is 2.56. The van der Waals surface area contributed by atoms with Gasteiger partial charge >= 0.3 is 5.97 Å². The van der Waals surface area contributed by atoms with Gasteiger partial charge in [-0.1, -0.05) is 0 Å². The van der Waals surface area contributed by atoms with Crippen LogP contribution in [0.1, 0.15) is 27.6 Å². The first-order valence-corrected chi connectivity index (χ1v) is 8.77. The molecular formula is C22H16F2N2O4. The highest BCUT2D eigenvalue weighted by Gasteiger charge is 2.15. The lowest BCUT2D eigenvalue weighted by Crippen LogP contribution is -2.16. The summed E-state index contributed by atoms with van der Waals surface area (Å²) in [5, 5.41) is 5.14. The fraction of sp³-hybridized carbons (Fsp3) is 0.0455. The standard InChI is InChI=1S/C22H16F2N2O4/c1-13(27)30-20-11-14(21(28)25-18-6-2-16(23)3-7-18)10-15(12-20)22(29)26-19-8-4-17(24)5-9-19/h2-12H,1H3,(H,25,28)(H,26,29). The molecule has 0 fully saturated rings. The Morgan fingerprint density at radius 3 is 1.47 bits per heavy atom. The number of anilines is 2. The van der Waals surface area contributed by atoms with Crippen molar-refractivity contribution in [3.8, 4) is 5.75 Å². The Balaban J connectivity index is 1.87. The number of hydrogen-bond donors (Lipinski definition) is 2. The molecule has 3 rings (SSSR count). The maximum absolute atomic E-state index is 13.0. The Morgan fingerprint density at radius 1 is 0.700 bits per heavy atom. The van der Waals surface area contributed by atoms with Gasteiger partial charge in [-0.3, -0.25) is 14.4 Å². The summed E-state index contributed by atoms with van der Waals surface area (Å²) < 4.78 is 31.1. The van der Waals surface area contributed by atoms with Gasteiger partial charge in [-0.2, -0.15) is 0 Å². The van der Waals surface area contributed by atoms with Crippen LogP contribution >= 0.6 is 0 Å². The van der Waals surface area contributed by atoms with Crippen LogP contribution in [0.2, 0.25) is 0 Å². The first-order valence-electron chi connectivity index (χ1n) is 8.77. The zero-order valence-corrected chi connectivity index (χ0v) is 15.7. The molecule has 0 radical (unpaired) electrons. The quantitative estimate of drug-likeness (QED) is 0.483. The summed E-state index contributed by atoms with van der Waals surface area (Å²) in [6.07, 6.45) is 0. The first kappa shape index (κ1) is 20.7. The van der Waals surface area contributed by atoms with E-state index in [0.717, 1.165) is 0 Å². The number of amides is 2. The molecule has 2 N–H and O–H groups in total. The van der Waals surface area contributed by atoms with Crippen molar-refractivity contribution in [1.82, 2.24) is 0 Å². The number of carbonyl (C=O) groups excluding carboxylic acids is 3. The molecule has 3 aromatic carbocycles. The minimum Gasteiger partial charge on any atom is -0.427 e. The third-order valence-electron chi connectivity index (χ3n) is 3.90. The SMILES string of the molecule is CC(=O)Oc1cc(C(=O)Nc2ccc(F)cc2)cc(C(=O)Nc2ccc(F)cc2)c1. The summed E-state index contributed by atoms with van der Waals surface area (Å²) in [5.41, 5.74) is 0.776. The molecule has 0 saturated heterocycles. The molecule has 30 heavy (non-hydrogen) atoms. The Labute approximate surface area is 170 Å². The van der Waals surface area contributed by atoms with Gasteiger partial charge in [0.2, 0.25) is 0 Å². The number of carbonyl (C=O) groups is 3. The van der Waals surface area contributed by atoms with E-state index in [-0.39, 0.29) is 16.9 Å². The van der Waals surface area contributed by atoms with Crippen molar-refractivity contribution >= 4 is 29.2 Å². The van der Waals surface area contributed by atoms with Gasteiger partial charge in [0.25, 0.3) is 11.8 Å². The molecule has 0 aliphatic carbocycles. The molecule has 0 saturated carbocycles. The van der Waals surface area contributed by atoms with Crippen molar-refractivity contribution < 1.29 is 27.9 Å². The van der Waals surface area contributed by atoms with Crippen molar-refractivity contribution in [1.29, 1.82) is 0 Å². The highest BCUT2D eigenvalue weighted by Crippen LogP contribution is 2.21. The molecule has 0 spiro atoms. The second-order valence-electron chi connectivity index (χ2n) is 6.26. The molecule has 0 aliphatic heterocycles. The zero-order chi connectivity index (χ0) is 21.7. The summed E-state index contributed by atoms with van der Waals surface area (Å²) in [6.45, 7) is 1.18. The molecular weight excluding hydrogens is 394 g/mol. The largest absolute Gasteiger partial charge is 0.427 e. The maximum Gasteiger partial charge on any atom is 0.308 e. The Kier molecular flexibility index (Phi) is 6.17. The van der Waals surface area contributed by atoms with Gasteiger partial charge in [0.15, 0.2) is 0 Å². The molecule has 0 atom stereocenters. The molecule has 0 aromatic heterocycles. The summed E-state index contributed by atoms with van der Waals surface area (Å²) in [4.78, 5) is 36.5. The van der Waals surface area contributed by atoms with Crippen molar-refractivity contribution in [2.45, 2.75) is 6.92 Å². The average Bonchev–Trinajstić information content (AvgIpc) is 2.70. The second-order valence-corrected chi connectivity index (χ2v) is 6.26. The Morgan fingerprint density at radius 2 is 1.10 bits per heavy atom. The summed E-state index contributed by atoms with van der Waals surface area (Å²) >= 11 is 0. The van der Waals surface area contributed by atoms with Gasteiger partial charge in [0.1, 0.15) is 17.4 Å². The molecule has 0 unspecified atom stereocenters. The monoisotopic (exact) mass is 410 g/mol. The third-order valence-corrected chi connectivity index (χ3v) is 3.90. The Bertz CT molecular complexity index is 1020. The van der Waals surface area contributed by atoms with Crippen LogP contribution in [0.5, 0.6) is 5.75 Å². The van der Waals surface area contributed by atoms with E-state index in [1.807, 2.05) is 0 Å². The van der Waals surface area contributed by atoms with E-state index < -0.39 is 29.4 Å². The number of nitrogens with one attached hydrogen (secondary N) is 2. The molecule has 0 aliphatic rings. The number of halogens is 2. The van der Waals surface area contributed by atoms with Crippen LogP contribution in [0.4, 0.5) is 20.2 Å². The minimum absolute atomic E-state index is 0.00138. The maximum atomic E-state index is 13.0. The number of ether oxygens (including phenoxy) is 1. The second kappa shape index (κ2) is 8.95. The van der Waals surface area contributed by atoms with Gasteiger partial charge in [0, 0.05) is 29.4 Å². The molecule has 3 aromatic rings. The highest BCUT2D eigenvalue weighted by molar-refractivity contribution is 6.09. The van der Waals surface area contributed by atoms with Crippen LogP contribution in [0, 0.1) is 11.6 Å². The molecule has 152 valence electrons. The zero-order valence-electron chi connectivity index (χ0n) is 15.7. The van der Waals surface area contributed by atoms with Crippen molar-refractivity contribution in [3.05, 3.63) is 89.5 Å². The fourth-order valence-corrected chi connectivity index (χ4v) is 2.56. The van der Waals surface area contributed by atoms with Crippen LogP contribution in [0.25, 0.3) is 0 Å². The number of benzene rings is 3. The van der Waals surface area contributed by atoms with Gasteiger partial charge in [-0.15, -0.1) is 0 Å². The van der Waals surface area contributed by atoms with Crippen molar-refractivity contribution in [2.75, 3.05) is 10.6 Å². The van der Waals surface area contributed by atoms with Gasteiger partial charge in [-0.25, -0.2) is 8.78 Å². The van der Waals surface area contributed by atoms with Crippen molar-refractivity contribution in [3.63, 3.8) is 0 Å². The van der Waals surface area contributed by atoms with E-state index in [1.54, 1.807) is 0 Å². The van der Waals surface area contributed by atoms with Gasteiger partial charge < -0.3 is 15.4 Å². The lowest BCUT2D eigenvalue weighted by atomic mass is 10.1. The van der Waals surface area contributed by atoms with E-state index in [0.29, 0.717) is 11.4 Å². The summed E-state index contributed by atoms with van der Waals surface area (Å²) in [5.74, 6) is -2.72. The normalized spacial score (nSPS) is 10.2. The predicted octanol–water partition coefficient (Wildman–Crippen LogP) is 4.39. The van der Waals surface area contributed by atoms with Crippen LogP contribution in [0.15, 0.2) is 66.7 Å². The topological polar surface area (TPSA) is 84.5 Å². The number of esters is 1. The Hall–Kier alpha value is -4.07. The molecule has 2 amide bonds. The molecule has 6 nitrogen and oxygen atoms in total. The summed E-state index contributed by atoms with van der Waals surface area (Å²) in [6, 6.07) is 14.2. The van der Waals surface area contributed by atoms with E-state index >= 15 is 0 Å². The number of rotatable bonds is 5. The van der Waals surface area contributed by atoms with Crippen LogP contribution in [-0.2, 0) is 4.79 Å². The first-order chi connectivity index (χ1) is 14.3. The molecule has 0 bridgehead atoms. The minimum atomic E-state index is -0.629. The predicted molar refractivity (Wildman–Crippen MR) is 106 cm³/mol.